The molecule has 0 aliphatic rings. The highest BCUT2D eigenvalue weighted by Gasteiger charge is 2.14. The fourth-order valence-electron chi connectivity index (χ4n) is 2.40. The van der Waals surface area contributed by atoms with E-state index in [0.717, 1.165) is 24.5 Å². The molecule has 108 valence electrons. The van der Waals surface area contributed by atoms with Gasteiger partial charge in [-0.15, -0.1) is 0 Å². The van der Waals surface area contributed by atoms with Gasteiger partial charge in [0.2, 0.25) is 0 Å². The number of ether oxygens (including phenoxy) is 1. The Morgan fingerprint density at radius 1 is 1.16 bits per heavy atom. The molecule has 1 aromatic carbocycles. The van der Waals surface area contributed by atoms with Crippen molar-refractivity contribution in [1.29, 1.82) is 0 Å². The SMILES string of the molecule is CNCC(CNc1cc(C)cc(C)c1OC)C(C)C. The third-order valence-electron chi connectivity index (χ3n) is 3.59. The zero-order valence-electron chi connectivity index (χ0n) is 13.1. The van der Waals surface area contributed by atoms with Gasteiger partial charge in [0.25, 0.3) is 0 Å². The first-order valence-electron chi connectivity index (χ1n) is 7.03. The summed E-state index contributed by atoms with van der Waals surface area (Å²) in [5.74, 6) is 2.21. The lowest BCUT2D eigenvalue weighted by Gasteiger charge is -2.23. The lowest BCUT2D eigenvalue weighted by Crippen LogP contribution is -2.29. The average molecular weight is 264 g/mol. The highest BCUT2D eigenvalue weighted by atomic mass is 16.5. The van der Waals surface area contributed by atoms with Gasteiger partial charge in [0, 0.05) is 6.54 Å². The second-order valence-corrected chi connectivity index (χ2v) is 5.61. The molecule has 0 bridgehead atoms. The second kappa shape index (κ2) is 7.39. The lowest BCUT2D eigenvalue weighted by atomic mass is 9.95. The number of methoxy groups -OCH3 is 1. The summed E-state index contributed by atoms with van der Waals surface area (Å²) in [6.07, 6.45) is 0. The molecule has 1 unspecified atom stereocenters. The predicted molar refractivity (Wildman–Crippen MR) is 83.2 cm³/mol. The molecule has 0 amide bonds. The van der Waals surface area contributed by atoms with Crippen LogP contribution in [0.25, 0.3) is 0 Å². The molecule has 1 rings (SSSR count). The first-order valence-corrected chi connectivity index (χ1v) is 7.03. The third kappa shape index (κ3) is 4.43. The Morgan fingerprint density at radius 3 is 2.37 bits per heavy atom. The number of aryl methyl sites for hydroxylation is 2. The number of hydrogen-bond acceptors (Lipinski definition) is 3. The summed E-state index contributed by atoms with van der Waals surface area (Å²) < 4.78 is 5.51. The van der Waals surface area contributed by atoms with Crippen molar-refractivity contribution in [3.05, 3.63) is 23.3 Å². The second-order valence-electron chi connectivity index (χ2n) is 5.61. The third-order valence-corrected chi connectivity index (χ3v) is 3.59. The minimum Gasteiger partial charge on any atom is -0.494 e. The standard InChI is InChI=1S/C16H28N2O/c1-11(2)14(9-17-5)10-18-15-8-12(3)7-13(4)16(15)19-6/h7-8,11,14,17-18H,9-10H2,1-6H3. The van der Waals surface area contributed by atoms with Crippen LogP contribution in [0.4, 0.5) is 5.69 Å². The van der Waals surface area contributed by atoms with Crippen molar-refractivity contribution in [3.8, 4) is 5.75 Å². The topological polar surface area (TPSA) is 33.3 Å². The Balaban J connectivity index is 2.81. The maximum Gasteiger partial charge on any atom is 0.144 e. The van der Waals surface area contributed by atoms with E-state index < -0.39 is 0 Å². The van der Waals surface area contributed by atoms with E-state index in [9.17, 15) is 0 Å². The average Bonchev–Trinajstić information content (AvgIpc) is 2.33. The van der Waals surface area contributed by atoms with Crippen molar-refractivity contribution in [2.24, 2.45) is 11.8 Å². The first kappa shape index (κ1) is 15.8. The molecule has 0 saturated carbocycles. The van der Waals surface area contributed by atoms with Gasteiger partial charge in [0.05, 0.1) is 12.8 Å². The molecule has 1 atom stereocenters. The summed E-state index contributed by atoms with van der Waals surface area (Å²) in [4.78, 5) is 0. The van der Waals surface area contributed by atoms with Gasteiger partial charge in [-0.1, -0.05) is 19.9 Å². The van der Waals surface area contributed by atoms with Crippen molar-refractivity contribution in [3.63, 3.8) is 0 Å². The number of nitrogens with one attached hydrogen (secondary N) is 2. The van der Waals surface area contributed by atoms with Gasteiger partial charge in [-0.2, -0.15) is 0 Å². The summed E-state index contributed by atoms with van der Waals surface area (Å²) in [6, 6.07) is 4.31. The van der Waals surface area contributed by atoms with Gasteiger partial charge >= 0.3 is 0 Å². The fourth-order valence-corrected chi connectivity index (χ4v) is 2.40. The van der Waals surface area contributed by atoms with E-state index >= 15 is 0 Å². The molecule has 3 nitrogen and oxygen atoms in total. The molecule has 0 spiro atoms. The summed E-state index contributed by atoms with van der Waals surface area (Å²) in [5.41, 5.74) is 3.54. The van der Waals surface area contributed by atoms with E-state index in [1.165, 1.54) is 11.1 Å². The Morgan fingerprint density at radius 2 is 1.84 bits per heavy atom. The Bertz CT molecular complexity index is 402. The number of hydrogen-bond donors (Lipinski definition) is 2. The highest BCUT2D eigenvalue weighted by Crippen LogP contribution is 2.30. The molecule has 2 N–H and O–H groups in total. The van der Waals surface area contributed by atoms with Crippen LogP contribution in [0.5, 0.6) is 5.75 Å². The summed E-state index contributed by atoms with van der Waals surface area (Å²) in [7, 11) is 3.74. The molecule has 3 heteroatoms. The molecule has 0 radical (unpaired) electrons. The van der Waals surface area contributed by atoms with Crippen LogP contribution in [-0.2, 0) is 0 Å². The zero-order chi connectivity index (χ0) is 14.4. The Hall–Kier alpha value is -1.22. The van der Waals surface area contributed by atoms with E-state index in [1.807, 2.05) is 7.05 Å². The lowest BCUT2D eigenvalue weighted by molar-refractivity contribution is 0.387. The van der Waals surface area contributed by atoms with Crippen molar-refractivity contribution < 1.29 is 4.74 Å². The van der Waals surface area contributed by atoms with E-state index in [2.05, 4.69) is 50.5 Å². The zero-order valence-corrected chi connectivity index (χ0v) is 13.1. The number of rotatable bonds is 7. The molecular weight excluding hydrogens is 236 g/mol. The predicted octanol–water partition coefficient (Wildman–Crippen LogP) is 3.22. The van der Waals surface area contributed by atoms with E-state index in [4.69, 9.17) is 4.74 Å². The largest absolute Gasteiger partial charge is 0.494 e. The van der Waals surface area contributed by atoms with Crippen LogP contribution in [0.2, 0.25) is 0 Å². The van der Waals surface area contributed by atoms with E-state index in [1.54, 1.807) is 7.11 Å². The van der Waals surface area contributed by atoms with Crippen molar-refractivity contribution in [2.75, 3.05) is 32.6 Å². The highest BCUT2D eigenvalue weighted by molar-refractivity contribution is 5.61. The molecule has 0 aliphatic heterocycles. The molecule has 0 fully saturated rings. The van der Waals surface area contributed by atoms with Crippen LogP contribution in [0.1, 0.15) is 25.0 Å². The summed E-state index contributed by atoms with van der Waals surface area (Å²) in [6.45, 7) is 10.7. The summed E-state index contributed by atoms with van der Waals surface area (Å²) >= 11 is 0. The minimum atomic E-state index is 0.607. The van der Waals surface area contributed by atoms with Gasteiger partial charge in [0.1, 0.15) is 5.75 Å². The van der Waals surface area contributed by atoms with Gasteiger partial charge < -0.3 is 15.4 Å². The van der Waals surface area contributed by atoms with E-state index in [0.29, 0.717) is 11.8 Å². The first-order chi connectivity index (χ1) is 8.99. The van der Waals surface area contributed by atoms with Crippen LogP contribution in [0, 0.1) is 25.7 Å². The molecule has 0 saturated heterocycles. The number of benzene rings is 1. The van der Waals surface area contributed by atoms with Crippen molar-refractivity contribution in [1.82, 2.24) is 5.32 Å². The van der Waals surface area contributed by atoms with Crippen LogP contribution >= 0.6 is 0 Å². The molecular formula is C16H28N2O. The van der Waals surface area contributed by atoms with Gasteiger partial charge in [-0.05, 0) is 56.5 Å². The van der Waals surface area contributed by atoms with Crippen LogP contribution in [0.3, 0.4) is 0 Å². The van der Waals surface area contributed by atoms with Crippen molar-refractivity contribution >= 4 is 5.69 Å². The maximum absolute atomic E-state index is 5.51. The minimum absolute atomic E-state index is 0.607. The van der Waals surface area contributed by atoms with Gasteiger partial charge in [-0.3, -0.25) is 0 Å². The smallest absolute Gasteiger partial charge is 0.144 e. The molecule has 19 heavy (non-hydrogen) atoms. The monoisotopic (exact) mass is 264 g/mol. The quantitative estimate of drug-likeness (QED) is 0.793. The summed E-state index contributed by atoms with van der Waals surface area (Å²) in [5, 5.41) is 6.81. The Labute approximate surface area is 117 Å². The van der Waals surface area contributed by atoms with Crippen molar-refractivity contribution in [2.45, 2.75) is 27.7 Å². The molecule has 0 aromatic heterocycles. The van der Waals surface area contributed by atoms with Gasteiger partial charge in [-0.25, -0.2) is 0 Å². The van der Waals surface area contributed by atoms with E-state index in [-0.39, 0.29) is 0 Å². The fraction of sp³-hybridized carbons (Fsp3) is 0.625. The Kier molecular flexibility index (Phi) is 6.16. The van der Waals surface area contributed by atoms with Gasteiger partial charge in [0.15, 0.2) is 0 Å². The van der Waals surface area contributed by atoms with Crippen LogP contribution in [0.15, 0.2) is 12.1 Å². The number of anilines is 1. The molecule has 0 aliphatic carbocycles. The van der Waals surface area contributed by atoms with Crippen LogP contribution in [-0.4, -0.2) is 27.2 Å². The maximum atomic E-state index is 5.51. The van der Waals surface area contributed by atoms with Crippen LogP contribution < -0.4 is 15.4 Å². The molecule has 0 heterocycles. The normalized spacial score (nSPS) is 12.6. The molecule has 1 aromatic rings.